The molecule has 0 bridgehead atoms. The third-order valence-corrected chi connectivity index (χ3v) is 6.39. The quantitative estimate of drug-likeness (QED) is 0.746. The van der Waals surface area contributed by atoms with Crippen molar-refractivity contribution in [3.8, 4) is 0 Å². The molecule has 0 radical (unpaired) electrons. The van der Waals surface area contributed by atoms with Crippen molar-refractivity contribution in [3.05, 3.63) is 36.0 Å². The van der Waals surface area contributed by atoms with Crippen molar-refractivity contribution in [1.29, 1.82) is 0 Å². The van der Waals surface area contributed by atoms with Gasteiger partial charge in [0.1, 0.15) is 6.04 Å². The van der Waals surface area contributed by atoms with Crippen LogP contribution in [-0.2, 0) is 20.8 Å². The van der Waals surface area contributed by atoms with Gasteiger partial charge in [-0.05, 0) is 31.4 Å². The van der Waals surface area contributed by atoms with Crippen molar-refractivity contribution in [1.82, 2.24) is 20.1 Å². The fourth-order valence-corrected chi connectivity index (χ4v) is 4.33. The molecule has 1 saturated heterocycles. The molecular weight excluding hydrogens is 392 g/mol. The Morgan fingerprint density at radius 1 is 1.16 bits per heavy atom. The van der Waals surface area contributed by atoms with E-state index in [4.69, 9.17) is 0 Å². The zero-order valence-electron chi connectivity index (χ0n) is 18.6. The van der Waals surface area contributed by atoms with E-state index in [1.54, 1.807) is 0 Å². The first kappa shape index (κ1) is 21.4. The number of fused-ring (bicyclic) bond motifs is 1. The van der Waals surface area contributed by atoms with Gasteiger partial charge in [-0.1, -0.05) is 32.0 Å². The Bertz CT molecular complexity index is 978. The summed E-state index contributed by atoms with van der Waals surface area (Å²) in [4.78, 5) is 45.4. The predicted octanol–water partition coefficient (Wildman–Crippen LogP) is 2.32. The highest BCUT2D eigenvalue weighted by molar-refractivity contribution is 5.90. The largest absolute Gasteiger partial charge is 0.361 e. The van der Waals surface area contributed by atoms with Gasteiger partial charge in [0.05, 0.1) is 0 Å². The average Bonchev–Trinajstić information content (AvgIpc) is 3.53. The molecular formula is C24H32N4O3. The highest BCUT2D eigenvalue weighted by Gasteiger charge is 2.39. The molecule has 1 saturated carbocycles. The van der Waals surface area contributed by atoms with E-state index in [2.05, 4.69) is 10.3 Å². The molecule has 1 aromatic carbocycles. The number of amides is 3. The topological polar surface area (TPSA) is 85.5 Å². The second-order valence-electron chi connectivity index (χ2n) is 9.22. The molecule has 1 aromatic heterocycles. The van der Waals surface area contributed by atoms with Crippen LogP contribution in [0.1, 0.15) is 39.2 Å². The van der Waals surface area contributed by atoms with E-state index < -0.39 is 6.04 Å². The molecule has 2 fully saturated rings. The summed E-state index contributed by atoms with van der Waals surface area (Å²) >= 11 is 0. The van der Waals surface area contributed by atoms with Crippen molar-refractivity contribution < 1.29 is 14.4 Å². The van der Waals surface area contributed by atoms with E-state index in [1.807, 2.05) is 61.0 Å². The molecule has 1 aliphatic carbocycles. The van der Waals surface area contributed by atoms with E-state index in [0.29, 0.717) is 26.1 Å². The van der Waals surface area contributed by atoms with Gasteiger partial charge in [-0.25, -0.2) is 0 Å². The van der Waals surface area contributed by atoms with Gasteiger partial charge >= 0.3 is 0 Å². The fraction of sp³-hybridized carbons (Fsp3) is 0.542. The minimum absolute atomic E-state index is 0.0136. The normalized spacial score (nSPS) is 20.2. The first-order valence-corrected chi connectivity index (χ1v) is 11.3. The summed E-state index contributed by atoms with van der Waals surface area (Å²) in [5.74, 6) is -0.00338. The third-order valence-electron chi connectivity index (χ3n) is 6.39. The number of nitrogens with one attached hydrogen (secondary N) is 2. The summed E-state index contributed by atoms with van der Waals surface area (Å²) < 4.78 is 0. The maximum atomic E-state index is 13.5. The van der Waals surface area contributed by atoms with Gasteiger partial charge in [0.25, 0.3) is 0 Å². The lowest BCUT2D eigenvalue weighted by Gasteiger charge is -2.41. The number of carbonyl (C=O) groups excluding carboxylic acids is 3. The maximum absolute atomic E-state index is 13.5. The monoisotopic (exact) mass is 424 g/mol. The molecule has 2 aromatic rings. The standard InChI is InChI=1S/C24H32N4O3/c1-15(2)22(29)26-21(12-18-13-25-20-7-5-4-6-19(18)20)24(31)27-10-11-28(16(3)14-27)23(30)17-8-9-17/h4-7,13,15-17,21,25H,8-12,14H2,1-3H3,(H,26,29). The molecule has 2 aliphatic rings. The molecule has 2 atom stereocenters. The van der Waals surface area contributed by atoms with Crippen molar-refractivity contribution in [3.63, 3.8) is 0 Å². The summed E-state index contributed by atoms with van der Waals surface area (Å²) in [5, 5.41) is 4.03. The smallest absolute Gasteiger partial charge is 0.245 e. The Balaban J connectivity index is 1.50. The van der Waals surface area contributed by atoms with Crippen molar-refractivity contribution in [2.75, 3.05) is 19.6 Å². The lowest BCUT2D eigenvalue weighted by Crippen LogP contribution is -2.59. The number of benzene rings is 1. The second kappa shape index (κ2) is 8.73. The Morgan fingerprint density at radius 3 is 2.58 bits per heavy atom. The van der Waals surface area contributed by atoms with Crippen molar-refractivity contribution in [2.24, 2.45) is 11.8 Å². The fourth-order valence-electron chi connectivity index (χ4n) is 4.33. The first-order valence-electron chi connectivity index (χ1n) is 11.3. The van der Waals surface area contributed by atoms with Gasteiger partial charge in [0, 0.05) is 61.0 Å². The highest BCUT2D eigenvalue weighted by Crippen LogP contribution is 2.32. The number of hydrogen-bond acceptors (Lipinski definition) is 3. The Kier molecular flexibility index (Phi) is 6.03. The number of aromatic amines is 1. The van der Waals surface area contributed by atoms with Crippen LogP contribution in [0.3, 0.4) is 0 Å². The van der Waals surface area contributed by atoms with Gasteiger partial charge in [-0.3, -0.25) is 14.4 Å². The summed E-state index contributed by atoms with van der Waals surface area (Å²) in [6.45, 7) is 7.21. The van der Waals surface area contributed by atoms with Gasteiger partial charge in [-0.15, -0.1) is 0 Å². The zero-order chi connectivity index (χ0) is 22.1. The molecule has 2 heterocycles. The summed E-state index contributed by atoms with van der Waals surface area (Å²) in [7, 11) is 0. The van der Waals surface area contributed by atoms with Crippen LogP contribution in [0, 0.1) is 11.8 Å². The molecule has 2 N–H and O–H groups in total. The highest BCUT2D eigenvalue weighted by atomic mass is 16.2. The van der Waals surface area contributed by atoms with Gasteiger partial charge in [0.15, 0.2) is 0 Å². The zero-order valence-corrected chi connectivity index (χ0v) is 18.6. The summed E-state index contributed by atoms with van der Waals surface area (Å²) in [6.07, 6.45) is 4.31. The van der Waals surface area contributed by atoms with Crippen molar-refractivity contribution in [2.45, 2.75) is 52.1 Å². The SMILES string of the molecule is CC(C)C(=O)NC(Cc1c[nH]c2ccccc12)C(=O)N1CCN(C(=O)C2CC2)C(C)C1. The van der Waals surface area contributed by atoms with Crippen LogP contribution < -0.4 is 5.32 Å². The number of piperazine rings is 1. The van der Waals surface area contributed by atoms with Gasteiger partial charge < -0.3 is 20.1 Å². The summed E-state index contributed by atoms with van der Waals surface area (Å²) in [5.41, 5.74) is 2.02. The predicted molar refractivity (Wildman–Crippen MR) is 119 cm³/mol. The average molecular weight is 425 g/mol. The number of hydrogen-bond donors (Lipinski definition) is 2. The van der Waals surface area contributed by atoms with Crippen LogP contribution in [0.15, 0.2) is 30.5 Å². The van der Waals surface area contributed by atoms with Gasteiger partial charge in [0.2, 0.25) is 17.7 Å². The van der Waals surface area contributed by atoms with Crippen LogP contribution in [0.2, 0.25) is 0 Å². The number of H-pyrrole nitrogens is 1. The molecule has 1 aliphatic heterocycles. The molecule has 7 heteroatoms. The molecule has 31 heavy (non-hydrogen) atoms. The minimum Gasteiger partial charge on any atom is -0.361 e. The molecule has 7 nitrogen and oxygen atoms in total. The molecule has 3 amide bonds. The van der Waals surface area contributed by atoms with E-state index >= 15 is 0 Å². The van der Waals surface area contributed by atoms with Crippen molar-refractivity contribution >= 4 is 28.6 Å². The summed E-state index contributed by atoms with van der Waals surface area (Å²) in [6, 6.07) is 7.32. The molecule has 2 unspecified atom stereocenters. The van der Waals surface area contributed by atoms with Crippen LogP contribution in [0.4, 0.5) is 0 Å². The van der Waals surface area contributed by atoms with E-state index in [0.717, 1.165) is 29.3 Å². The number of rotatable bonds is 6. The maximum Gasteiger partial charge on any atom is 0.245 e. The Morgan fingerprint density at radius 2 is 1.90 bits per heavy atom. The minimum atomic E-state index is -0.632. The van der Waals surface area contributed by atoms with E-state index in [1.165, 1.54) is 0 Å². The Labute approximate surface area is 183 Å². The number of aromatic nitrogens is 1. The number of carbonyl (C=O) groups is 3. The molecule has 4 rings (SSSR count). The lowest BCUT2D eigenvalue weighted by atomic mass is 10.0. The number of para-hydroxylation sites is 1. The second-order valence-corrected chi connectivity index (χ2v) is 9.22. The van der Waals surface area contributed by atoms with Gasteiger partial charge in [-0.2, -0.15) is 0 Å². The van der Waals surface area contributed by atoms with E-state index in [-0.39, 0.29) is 35.6 Å². The number of nitrogens with zero attached hydrogens (tertiary/aromatic N) is 2. The molecule has 166 valence electrons. The van der Waals surface area contributed by atoms with Crippen LogP contribution in [0.5, 0.6) is 0 Å². The van der Waals surface area contributed by atoms with E-state index in [9.17, 15) is 14.4 Å². The van der Waals surface area contributed by atoms with Crippen LogP contribution in [0.25, 0.3) is 10.9 Å². The Hall–Kier alpha value is -2.83. The van der Waals surface area contributed by atoms with Crippen LogP contribution >= 0.6 is 0 Å². The van der Waals surface area contributed by atoms with Crippen LogP contribution in [-0.4, -0.2) is 64.2 Å². The third kappa shape index (κ3) is 4.60. The lowest BCUT2D eigenvalue weighted by molar-refractivity contribution is -0.145. The first-order chi connectivity index (χ1) is 14.8. The molecule has 0 spiro atoms.